The third-order valence-electron chi connectivity index (χ3n) is 14.2. The highest BCUT2D eigenvalue weighted by molar-refractivity contribution is 5.99. The van der Waals surface area contributed by atoms with Crippen molar-refractivity contribution in [1.29, 1.82) is 0 Å². The summed E-state index contributed by atoms with van der Waals surface area (Å²) in [6.07, 6.45) is 0.701. The van der Waals surface area contributed by atoms with Gasteiger partial charge in [-0.15, -0.1) is 0 Å². The average Bonchev–Trinajstić information content (AvgIpc) is 4.22. The van der Waals surface area contributed by atoms with Gasteiger partial charge in [-0.05, 0) is 95.3 Å². The smallest absolute Gasteiger partial charge is 0.245 e. The van der Waals surface area contributed by atoms with E-state index in [1.807, 2.05) is 92.7 Å². The lowest BCUT2D eigenvalue weighted by Gasteiger charge is -2.31. The molecule has 83 heavy (non-hydrogen) atoms. The SMILES string of the molecule is CC(=O)N[C@H](Cc1ccc2ccccc2c1)C(=O)N[C@@H](CO)C(=O)N[C@@H](Cc1ccc(O)cc1)C(=O)N[C@H](Cc1ccc2ccccc2c1)C(=O)N[C@@H](CC(C)C)C(=O)N[C@@H](CCCN=C(N)N)C(=O)N1CCC[C@H]1C(=O)N[C@H](C)C(N)=O. The highest BCUT2D eigenvalue weighted by Gasteiger charge is 2.40. The van der Waals surface area contributed by atoms with E-state index in [1.54, 1.807) is 6.07 Å². The molecule has 0 spiro atoms. The highest BCUT2D eigenvalue weighted by Crippen LogP contribution is 2.22. The molecule has 23 heteroatoms. The summed E-state index contributed by atoms with van der Waals surface area (Å²) < 4.78 is 0. The van der Waals surface area contributed by atoms with Gasteiger partial charge in [-0.2, -0.15) is 0 Å². The van der Waals surface area contributed by atoms with Gasteiger partial charge in [0, 0.05) is 39.3 Å². The number of nitrogens with zero attached hydrogens (tertiary/aromatic N) is 2. The molecule has 0 radical (unpaired) electrons. The second-order valence-corrected chi connectivity index (χ2v) is 21.3. The minimum absolute atomic E-state index is 0.0169. The molecule has 23 nitrogen and oxygen atoms in total. The molecule has 1 heterocycles. The summed E-state index contributed by atoms with van der Waals surface area (Å²) in [6.45, 7) is 5.64. The van der Waals surface area contributed by atoms with Gasteiger partial charge in [0.1, 0.15) is 54.1 Å². The summed E-state index contributed by atoms with van der Waals surface area (Å²) in [6, 6.07) is 21.7. The maximum Gasteiger partial charge on any atom is 0.245 e. The Balaban J connectivity index is 1.27. The van der Waals surface area contributed by atoms with Gasteiger partial charge < -0.3 is 69.5 Å². The number of aromatic hydroxyl groups is 1. The van der Waals surface area contributed by atoms with Crippen molar-refractivity contribution in [3.63, 3.8) is 0 Å². The zero-order chi connectivity index (χ0) is 60.3. The van der Waals surface area contributed by atoms with Crippen LogP contribution in [0.15, 0.2) is 114 Å². The third-order valence-corrected chi connectivity index (χ3v) is 14.2. The van der Waals surface area contributed by atoms with Gasteiger partial charge in [0.05, 0.1) is 6.61 Å². The Labute approximate surface area is 481 Å². The molecule has 0 bridgehead atoms. The lowest BCUT2D eigenvalue weighted by Crippen LogP contribution is -2.61. The lowest BCUT2D eigenvalue weighted by molar-refractivity contribution is -0.142. The van der Waals surface area contributed by atoms with Crippen LogP contribution >= 0.6 is 0 Å². The van der Waals surface area contributed by atoms with Gasteiger partial charge in [0.2, 0.25) is 53.2 Å². The number of benzene rings is 5. The Bertz CT molecular complexity index is 3170. The van der Waals surface area contributed by atoms with Crippen LogP contribution in [0.3, 0.4) is 0 Å². The molecule has 0 aliphatic carbocycles. The van der Waals surface area contributed by atoms with E-state index in [2.05, 4.69) is 42.2 Å². The quantitative estimate of drug-likeness (QED) is 0.0187. The number of aliphatic hydroxyl groups excluding tert-OH is 1. The minimum atomic E-state index is -1.64. The normalized spacial score (nSPS) is 15.5. The summed E-state index contributed by atoms with van der Waals surface area (Å²) >= 11 is 0. The maximum absolute atomic E-state index is 14.9. The van der Waals surface area contributed by atoms with Crippen LogP contribution in [-0.4, -0.2) is 142 Å². The first kappa shape index (κ1) is 63.1. The van der Waals surface area contributed by atoms with Crippen molar-refractivity contribution in [2.24, 2.45) is 28.1 Å². The van der Waals surface area contributed by atoms with Gasteiger partial charge in [-0.1, -0.05) is 111 Å². The number of hydrogen-bond donors (Lipinski definition) is 12. The van der Waals surface area contributed by atoms with Crippen molar-refractivity contribution in [2.75, 3.05) is 19.7 Å². The number of nitrogens with two attached hydrogens (primary N) is 3. The first-order valence-electron chi connectivity index (χ1n) is 27.7. The number of aliphatic hydroxyl groups is 1. The molecule has 1 aliphatic heterocycles. The molecule has 6 rings (SSSR count). The lowest BCUT2D eigenvalue weighted by atomic mass is 9.98. The molecule has 0 unspecified atom stereocenters. The van der Waals surface area contributed by atoms with Crippen LogP contribution in [0.4, 0.5) is 0 Å². The highest BCUT2D eigenvalue weighted by atomic mass is 16.3. The molecule has 442 valence electrons. The number of likely N-dealkylation sites (tertiary alicyclic amines) is 1. The van der Waals surface area contributed by atoms with Gasteiger partial charge in [0.25, 0.3) is 0 Å². The fraction of sp³-hybridized carbons (Fsp3) is 0.400. The summed E-state index contributed by atoms with van der Waals surface area (Å²) in [5.41, 5.74) is 18.3. The number of primary amides is 1. The molecule has 15 N–H and O–H groups in total. The zero-order valence-corrected chi connectivity index (χ0v) is 47.1. The van der Waals surface area contributed by atoms with Crippen molar-refractivity contribution < 1.29 is 53.4 Å². The summed E-state index contributed by atoms with van der Waals surface area (Å²) in [5.74, 6) is -7.19. The van der Waals surface area contributed by atoms with Crippen LogP contribution in [0.2, 0.25) is 0 Å². The summed E-state index contributed by atoms with van der Waals surface area (Å²) in [7, 11) is 0. The molecular weight excluding hydrogens is 1060 g/mol. The summed E-state index contributed by atoms with van der Waals surface area (Å²) in [4.78, 5) is 130. The van der Waals surface area contributed by atoms with E-state index < -0.39 is 108 Å². The van der Waals surface area contributed by atoms with Crippen LogP contribution in [0.5, 0.6) is 5.75 Å². The van der Waals surface area contributed by atoms with E-state index in [9.17, 15) is 53.4 Å². The summed E-state index contributed by atoms with van der Waals surface area (Å²) in [5, 5.41) is 43.0. The number of rotatable bonds is 28. The van der Waals surface area contributed by atoms with E-state index in [0.29, 0.717) is 23.1 Å². The fourth-order valence-electron chi connectivity index (χ4n) is 9.85. The standard InChI is InChI=1S/C60H76N12O11/c1-34(2)27-46(53(77)67-45(15-9-25-64-60(62)63)59(83)72-26-10-16-51(72)58(82)65-35(3)52(61)76)68-56(80)49(32-39-18-22-41-12-6-8-14-43(41)29-39)69-55(79)48(30-37-19-23-44(75)24-20-37)70-57(81)50(33-73)71-54(78)47(66-36(4)74)31-38-17-21-40-11-5-7-13-42(40)28-38/h5-8,11-14,17-24,28-29,34-35,45-51,73,75H,9-10,15-16,25-27,30-33H2,1-4H3,(H2,61,76)(H,65,82)(H,66,74)(H,67,77)(H,68,80)(H,69,79)(H,70,81)(H,71,78)(H4,62,63,64)/t35-,45+,46+,47-,48+,49-,50+,51+/m1/s1. The van der Waals surface area contributed by atoms with E-state index in [-0.39, 0.29) is 75.7 Å². The Morgan fingerprint density at radius 1 is 0.578 bits per heavy atom. The van der Waals surface area contributed by atoms with Gasteiger partial charge in [-0.25, -0.2) is 0 Å². The second kappa shape index (κ2) is 30.1. The molecule has 5 aromatic rings. The average molecular weight is 1140 g/mol. The monoisotopic (exact) mass is 1140 g/mol. The minimum Gasteiger partial charge on any atom is -0.508 e. The number of carbonyl (C=O) groups is 9. The molecule has 0 saturated carbocycles. The van der Waals surface area contributed by atoms with Crippen molar-refractivity contribution in [1.82, 2.24) is 42.1 Å². The Morgan fingerprint density at radius 3 is 1.54 bits per heavy atom. The van der Waals surface area contributed by atoms with Crippen molar-refractivity contribution in [3.8, 4) is 5.75 Å². The Morgan fingerprint density at radius 2 is 1.04 bits per heavy atom. The van der Waals surface area contributed by atoms with E-state index in [0.717, 1.165) is 21.5 Å². The number of hydrogen-bond acceptors (Lipinski definition) is 12. The van der Waals surface area contributed by atoms with Crippen LogP contribution in [-0.2, 0) is 62.4 Å². The molecule has 5 aromatic carbocycles. The molecule has 1 aliphatic rings. The van der Waals surface area contributed by atoms with E-state index in [4.69, 9.17) is 17.2 Å². The molecule has 1 fully saturated rings. The Hall–Kier alpha value is -9.12. The molecule has 0 aromatic heterocycles. The fourth-order valence-corrected chi connectivity index (χ4v) is 9.85. The van der Waals surface area contributed by atoms with Gasteiger partial charge >= 0.3 is 0 Å². The largest absolute Gasteiger partial charge is 0.508 e. The number of fused-ring (bicyclic) bond motifs is 2. The van der Waals surface area contributed by atoms with Crippen molar-refractivity contribution >= 4 is 80.7 Å². The van der Waals surface area contributed by atoms with Crippen LogP contribution < -0.4 is 54.4 Å². The predicted molar refractivity (Wildman–Crippen MR) is 312 cm³/mol. The third kappa shape index (κ3) is 18.7. The van der Waals surface area contributed by atoms with Crippen LogP contribution in [0, 0.1) is 5.92 Å². The Kier molecular flexibility index (Phi) is 22.9. The number of amides is 9. The number of phenols is 1. The van der Waals surface area contributed by atoms with Crippen molar-refractivity contribution in [2.45, 2.75) is 127 Å². The van der Waals surface area contributed by atoms with E-state index >= 15 is 0 Å². The molecule has 1 saturated heterocycles. The first-order valence-corrected chi connectivity index (χ1v) is 27.7. The number of aliphatic imine (C=N–C) groups is 1. The van der Waals surface area contributed by atoms with Crippen molar-refractivity contribution in [3.05, 3.63) is 126 Å². The number of carbonyl (C=O) groups excluding carboxylic acids is 9. The number of guanidine groups is 1. The molecule has 8 atom stereocenters. The molecular formula is C60H76N12O11. The van der Waals surface area contributed by atoms with Crippen LogP contribution in [0.1, 0.15) is 76.5 Å². The second-order valence-electron chi connectivity index (χ2n) is 21.3. The van der Waals surface area contributed by atoms with Crippen LogP contribution in [0.25, 0.3) is 21.5 Å². The topological polar surface area (TPSA) is 372 Å². The predicted octanol–water partition coefficient (Wildman–Crippen LogP) is 0.728. The van der Waals surface area contributed by atoms with Gasteiger partial charge in [0.15, 0.2) is 5.96 Å². The van der Waals surface area contributed by atoms with E-state index in [1.165, 1.54) is 43.0 Å². The van der Waals surface area contributed by atoms with Gasteiger partial charge in [-0.3, -0.25) is 48.1 Å². The maximum atomic E-state index is 14.9. The number of phenolic OH excluding ortho intramolecular Hbond substituents is 1. The zero-order valence-electron chi connectivity index (χ0n) is 47.1. The molecule has 9 amide bonds. The number of nitrogens with one attached hydrogen (secondary N) is 7. The first-order chi connectivity index (χ1) is 39.6.